The highest BCUT2D eigenvalue weighted by atomic mass is 16.2. The van der Waals surface area contributed by atoms with Crippen LogP contribution >= 0.6 is 0 Å². The molecule has 0 spiro atoms. The fourth-order valence-electron chi connectivity index (χ4n) is 3.05. The van der Waals surface area contributed by atoms with Gasteiger partial charge in [0.25, 0.3) is 5.91 Å². The molecule has 4 heteroatoms. The minimum Gasteiger partial charge on any atom is -0.350 e. The van der Waals surface area contributed by atoms with Crippen molar-refractivity contribution in [2.45, 2.75) is 46.1 Å². The average molecular weight is 367 g/mol. The van der Waals surface area contributed by atoms with E-state index in [0.717, 1.165) is 5.56 Å². The average Bonchev–Trinajstić information content (AvgIpc) is 2.64. The Kier molecular flexibility index (Phi) is 6.78. The van der Waals surface area contributed by atoms with Crippen molar-refractivity contribution in [3.05, 3.63) is 71.3 Å². The zero-order chi connectivity index (χ0) is 20.0. The third-order valence-corrected chi connectivity index (χ3v) is 4.81. The molecule has 4 nitrogen and oxygen atoms in total. The van der Waals surface area contributed by atoms with Crippen LogP contribution in [0.3, 0.4) is 0 Å². The first-order chi connectivity index (χ1) is 12.7. The second-order valence-electron chi connectivity index (χ2n) is 7.88. The van der Waals surface area contributed by atoms with Gasteiger partial charge in [0.15, 0.2) is 0 Å². The Bertz CT molecular complexity index is 761. The third kappa shape index (κ3) is 5.68. The van der Waals surface area contributed by atoms with Crippen LogP contribution in [0.5, 0.6) is 0 Å². The molecule has 1 N–H and O–H groups in total. The van der Waals surface area contributed by atoms with Crippen LogP contribution in [0.25, 0.3) is 0 Å². The SMILES string of the molecule is CC(=O)N(CCNC(=O)c1ccc(C(C)(C)C)cc1)C(C)c1ccccc1. The summed E-state index contributed by atoms with van der Waals surface area (Å²) in [5.74, 6) is -0.124. The molecule has 27 heavy (non-hydrogen) atoms. The molecule has 0 aliphatic heterocycles. The fraction of sp³-hybridized carbons (Fsp3) is 0.391. The van der Waals surface area contributed by atoms with Crippen LogP contribution in [0, 0.1) is 0 Å². The Balaban J connectivity index is 1.94. The first-order valence-corrected chi connectivity index (χ1v) is 9.41. The normalized spacial score (nSPS) is 12.3. The van der Waals surface area contributed by atoms with E-state index >= 15 is 0 Å². The molecular weight excluding hydrogens is 336 g/mol. The zero-order valence-corrected chi connectivity index (χ0v) is 17.0. The molecule has 0 fully saturated rings. The highest BCUT2D eigenvalue weighted by molar-refractivity contribution is 5.94. The molecule has 0 aliphatic carbocycles. The van der Waals surface area contributed by atoms with Crippen molar-refractivity contribution in [1.82, 2.24) is 10.2 Å². The molecule has 0 aliphatic rings. The van der Waals surface area contributed by atoms with Crippen molar-refractivity contribution in [1.29, 1.82) is 0 Å². The van der Waals surface area contributed by atoms with E-state index in [1.165, 1.54) is 5.56 Å². The summed E-state index contributed by atoms with van der Waals surface area (Å²) < 4.78 is 0. The summed E-state index contributed by atoms with van der Waals surface area (Å²) in [6.07, 6.45) is 0. The van der Waals surface area contributed by atoms with Crippen LogP contribution in [0.15, 0.2) is 54.6 Å². The number of amides is 2. The van der Waals surface area contributed by atoms with Gasteiger partial charge < -0.3 is 10.2 Å². The van der Waals surface area contributed by atoms with Crippen LogP contribution in [0.2, 0.25) is 0 Å². The number of hydrogen-bond acceptors (Lipinski definition) is 2. The van der Waals surface area contributed by atoms with Gasteiger partial charge in [0.05, 0.1) is 6.04 Å². The molecule has 2 rings (SSSR count). The number of carbonyl (C=O) groups excluding carboxylic acids is 2. The summed E-state index contributed by atoms with van der Waals surface area (Å²) in [4.78, 5) is 26.2. The number of hydrogen-bond donors (Lipinski definition) is 1. The van der Waals surface area contributed by atoms with E-state index in [0.29, 0.717) is 18.7 Å². The van der Waals surface area contributed by atoms with Gasteiger partial charge in [-0.15, -0.1) is 0 Å². The largest absolute Gasteiger partial charge is 0.350 e. The quantitative estimate of drug-likeness (QED) is 0.827. The van der Waals surface area contributed by atoms with Crippen molar-refractivity contribution in [2.24, 2.45) is 0 Å². The van der Waals surface area contributed by atoms with Crippen molar-refractivity contribution >= 4 is 11.8 Å². The number of rotatable bonds is 6. The molecule has 0 bridgehead atoms. The second kappa shape index (κ2) is 8.85. The summed E-state index contributed by atoms with van der Waals surface area (Å²) in [5, 5.41) is 2.92. The standard InChI is InChI=1S/C23H30N2O2/c1-17(19-9-7-6-8-10-19)25(18(2)26)16-15-24-22(27)20-11-13-21(14-12-20)23(3,4)5/h6-14,17H,15-16H2,1-5H3,(H,24,27). The summed E-state index contributed by atoms with van der Waals surface area (Å²) in [6, 6.07) is 17.6. The number of benzene rings is 2. The fourth-order valence-corrected chi connectivity index (χ4v) is 3.05. The Morgan fingerprint density at radius 3 is 2.11 bits per heavy atom. The van der Waals surface area contributed by atoms with Crippen molar-refractivity contribution in [3.63, 3.8) is 0 Å². The highest BCUT2D eigenvalue weighted by Gasteiger charge is 2.18. The monoisotopic (exact) mass is 366 g/mol. The first-order valence-electron chi connectivity index (χ1n) is 9.41. The number of nitrogens with zero attached hydrogens (tertiary/aromatic N) is 1. The van der Waals surface area contributed by atoms with Gasteiger partial charge in [0.1, 0.15) is 0 Å². The van der Waals surface area contributed by atoms with Crippen molar-refractivity contribution < 1.29 is 9.59 Å². The van der Waals surface area contributed by atoms with E-state index in [-0.39, 0.29) is 23.3 Å². The maximum absolute atomic E-state index is 12.4. The highest BCUT2D eigenvalue weighted by Crippen LogP contribution is 2.22. The molecule has 1 unspecified atom stereocenters. The van der Waals surface area contributed by atoms with E-state index in [1.54, 1.807) is 11.8 Å². The lowest BCUT2D eigenvalue weighted by Gasteiger charge is -2.28. The van der Waals surface area contributed by atoms with Gasteiger partial charge >= 0.3 is 0 Å². The van der Waals surface area contributed by atoms with Crippen LogP contribution in [-0.2, 0) is 10.2 Å². The van der Waals surface area contributed by atoms with Gasteiger partial charge in [-0.25, -0.2) is 0 Å². The number of carbonyl (C=O) groups is 2. The minimum absolute atomic E-state index is 0.00451. The topological polar surface area (TPSA) is 49.4 Å². The molecule has 2 aromatic rings. The summed E-state index contributed by atoms with van der Waals surface area (Å²) in [6.45, 7) is 10.9. The van der Waals surface area contributed by atoms with E-state index < -0.39 is 0 Å². The predicted molar refractivity (Wildman–Crippen MR) is 110 cm³/mol. The maximum atomic E-state index is 12.4. The summed E-state index contributed by atoms with van der Waals surface area (Å²) in [5.41, 5.74) is 2.97. The van der Waals surface area contributed by atoms with Crippen molar-refractivity contribution in [2.75, 3.05) is 13.1 Å². The molecule has 1 atom stereocenters. The van der Waals surface area contributed by atoms with Gasteiger partial charge in [-0.05, 0) is 35.6 Å². The van der Waals surface area contributed by atoms with Gasteiger partial charge in [-0.2, -0.15) is 0 Å². The van der Waals surface area contributed by atoms with Gasteiger partial charge in [0, 0.05) is 25.6 Å². The van der Waals surface area contributed by atoms with Crippen LogP contribution in [-0.4, -0.2) is 29.8 Å². The Labute approximate surface area is 162 Å². The summed E-state index contributed by atoms with van der Waals surface area (Å²) >= 11 is 0. The zero-order valence-electron chi connectivity index (χ0n) is 17.0. The molecule has 0 aromatic heterocycles. The first kappa shape index (κ1) is 20.7. The smallest absolute Gasteiger partial charge is 0.251 e. The molecule has 0 saturated heterocycles. The maximum Gasteiger partial charge on any atom is 0.251 e. The van der Waals surface area contributed by atoms with Crippen LogP contribution in [0.4, 0.5) is 0 Å². The van der Waals surface area contributed by atoms with Crippen molar-refractivity contribution in [3.8, 4) is 0 Å². The molecule has 144 valence electrons. The van der Waals surface area contributed by atoms with Crippen LogP contribution < -0.4 is 5.32 Å². The van der Waals surface area contributed by atoms with E-state index in [1.807, 2.05) is 61.5 Å². The Morgan fingerprint density at radius 2 is 1.59 bits per heavy atom. The van der Waals surface area contributed by atoms with Gasteiger partial charge in [0.2, 0.25) is 5.91 Å². The van der Waals surface area contributed by atoms with E-state index in [9.17, 15) is 9.59 Å². The minimum atomic E-state index is -0.119. The van der Waals surface area contributed by atoms with Crippen LogP contribution in [0.1, 0.15) is 62.1 Å². The number of nitrogens with one attached hydrogen (secondary N) is 1. The molecule has 2 aromatic carbocycles. The lowest BCUT2D eigenvalue weighted by molar-refractivity contribution is -0.130. The molecular formula is C23H30N2O2. The molecule has 0 heterocycles. The lowest BCUT2D eigenvalue weighted by atomic mass is 9.87. The van der Waals surface area contributed by atoms with E-state index in [2.05, 4.69) is 26.1 Å². The van der Waals surface area contributed by atoms with Gasteiger partial charge in [-0.3, -0.25) is 9.59 Å². The summed E-state index contributed by atoms with van der Waals surface area (Å²) in [7, 11) is 0. The molecule has 0 radical (unpaired) electrons. The lowest BCUT2D eigenvalue weighted by Crippen LogP contribution is -2.39. The van der Waals surface area contributed by atoms with E-state index in [4.69, 9.17) is 0 Å². The third-order valence-electron chi connectivity index (χ3n) is 4.81. The second-order valence-corrected chi connectivity index (χ2v) is 7.88. The predicted octanol–water partition coefficient (Wildman–Crippen LogP) is 4.32. The molecule has 0 saturated carbocycles. The Morgan fingerprint density at radius 1 is 1.00 bits per heavy atom. The van der Waals surface area contributed by atoms with Gasteiger partial charge in [-0.1, -0.05) is 63.2 Å². The molecule has 2 amide bonds. The Hall–Kier alpha value is -2.62.